The molecule has 0 unspecified atom stereocenters. The second-order valence-corrected chi connectivity index (χ2v) is 5.50. The Morgan fingerprint density at radius 2 is 1.78 bits per heavy atom. The smallest absolute Gasteiger partial charge is 0.311 e. The van der Waals surface area contributed by atoms with Crippen LogP contribution in [0.3, 0.4) is 0 Å². The molecular weight excluding hydrogens is 292 g/mol. The summed E-state index contributed by atoms with van der Waals surface area (Å²) >= 11 is 0. The molecule has 0 aliphatic carbocycles. The molecule has 2 amide bonds. The fourth-order valence-electron chi connectivity index (χ4n) is 2.27. The Labute approximate surface area is 139 Å². The van der Waals surface area contributed by atoms with Crippen LogP contribution in [0, 0.1) is 0 Å². The van der Waals surface area contributed by atoms with Gasteiger partial charge in [-0.2, -0.15) is 0 Å². The zero-order valence-electron chi connectivity index (χ0n) is 14.4. The topological polar surface area (TPSA) is 58.6 Å². The number of amides is 2. The average Bonchev–Trinajstić information content (AvgIpc) is 2.58. The quantitative estimate of drug-likeness (QED) is 0.711. The highest BCUT2D eigenvalue weighted by Crippen LogP contribution is 2.11. The van der Waals surface area contributed by atoms with Gasteiger partial charge in [0.15, 0.2) is 0 Å². The van der Waals surface area contributed by atoms with Crippen LogP contribution in [-0.2, 0) is 16.0 Å². The Balaban J connectivity index is 2.42. The third-order valence-corrected chi connectivity index (χ3v) is 3.61. The van der Waals surface area contributed by atoms with Crippen molar-refractivity contribution in [3.8, 4) is 5.75 Å². The Morgan fingerprint density at radius 1 is 1.09 bits per heavy atom. The maximum atomic E-state index is 12.2. The predicted octanol–water partition coefficient (Wildman–Crippen LogP) is 2.39. The van der Waals surface area contributed by atoms with E-state index < -0.39 is 11.8 Å². The molecule has 0 saturated carbocycles. The van der Waals surface area contributed by atoms with Gasteiger partial charge in [0.1, 0.15) is 5.75 Å². The molecule has 128 valence electrons. The summed E-state index contributed by atoms with van der Waals surface area (Å²) in [6.07, 6.45) is 3.47. The van der Waals surface area contributed by atoms with Gasteiger partial charge in [-0.25, -0.2) is 0 Å². The molecule has 1 aromatic rings. The summed E-state index contributed by atoms with van der Waals surface area (Å²) in [6.45, 7) is 5.81. The summed E-state index contributed by atoms with van der Waals surface area (Å²) in [5, 5.41) is 2.71. The third kappa shape index (κ3) is 6.72. The number of unbranched alkanes of at least 4 members (excludes halogenated alkanes) is 1. The fourth-order valence-corrected chi connectivity index (χ4v) is 2.27. The van der Waals surface area contributed by atoms with Gasteiger partial charge in [-0.15, -0.1) is 0 Å². The second-order valence-electron chi connectivity index (χ2n) is 5.50. The molecule has 0 atom stereocenters. The summed E-state index contributed by atoms with van der Waals surface area (Å²) in [5.41, 5.74) is 1.09. The van der Waals surface area contributed by atoms with Crippen molar-refractivity contribution < 1.29 is 14.3 Å². The van der Waals surface area contributed by atoms with Crippen molar-refractivity contribution in [2.45, 2.75) is 39.5 Å². The molecule has 0 bridgehead atoms. The standard InChI is InChI=1S/C18H28N2O3/c1-4-6-14-20(13-5-2)18(22)17(21)19-12-11-15-7-9-16(23-3)10-8-15/h7-10H,4-6,11-14H2,1-3H3,(H,19,21). The van der Waals surface area contributed by atoms with E-state index >= 15 is 0 Å². The van der Waals surface area contributed by atoms with E-state index in [1.165, 1.54) is 0 Å². The van der Waals surface area contributed by atoms with Crippen molar-refractivity contribution in [3.63, 3.8) is 0 Å². The first-order valence-corrected chi connectivity index (χ1v) is 8.32. The molecule has 5 heteroatoms. The highest BCUT2D eigenvalue weighted by Gasteiger charge is 2.20. The minimum atomic E-state index is -0.511. The molecule has 23 heavy (non-hydrogen) atoms. The molecule has 1 rings (SSSR count). The number of carbonyl (C=O) groups excluding carboxylic acids is 2. The average molecular weight is 320 g/mol. The zero-order chi connectivity index (χ0) is 17.1. The number of benzene rings is 1. The monoisotopic (exact) mass is 320 g/mol. The van der Waals surface area contributed by atoms with Gasteiger partial charge in [0.25, 0.3) is 0 Å². The van der Waals surface area contributed by atoms with E-state index in [0.717, 1.165) is 30.6 Å². The van der Waals surface area contributed by atoms with E-state index in [1.54, 1.807) is 12.0 Å². The van der Waals surface area contributed by atoms with E-state index in [1.807, 2.05) is 31.2 Å². The van der Waals surface area contributed by atoms with Crippen molar-refractivity contribution in [3.05, 3.63) is 29.8 Å². The number of nitrogens with zero attached hydrogens (tertiary/aromatic N) is 1. The Hall–Kier alpha value is -2.04. The maximum absolute atomic E-state index is 12.2. The summed E-state index contributed by atoms with van der Waals surface area (Å²) in [5.74, 6) is -0.128. The van der Waals surface area contributed by atoms with Crippen molar-refractivity contribution in [2.24, 2.45) is 0 Å². The van der Waals surface area contributed by atoms with Crippen molar-refractivity contribution in [1.29, 1.82) is 0 Å². The lowest BCUT2D eigenvalue weighted by Gasteiger charge is -2.21. The number of hydrogen-bond acceptors (Lipinski definition) is 3. The lowest BCUT2D eigenvalue weighted by atomic mass is 10.1. The first-order valence-electron chi connectivity index (χ1n) is 8.32. The minimum Gasteiger partial charge on any atom is -0.497 e. The number of nitrogens with one attached hydrogen (secondary N) is 1. The number of ether oxygens (including phenoxy) is 1. The van der Waals surface area contributed by atoms with Gasteiger partial charge in [0, 0.05) is 19.6 Å². The molecule has 0 aliphatic heterocycles. The first-order chi connectivity index (χ1) is 11.1. The Kier molecular flexibility index (Phi) is 8.80. The van der Waals surface area contributed by atoms with Crippen molar-refractivity contribution >= 4 is 11.8 Å². The van der Waals surface area contributed by atoms with Gasteiger partial charge in [0.05, 0.1) is 7.11 Å². The summed E-state index contributed by atoms with van der Waals surface area (Å²) in [7, 11) is 1.63. The summed E-state index contributed by atoms with van der Waals surface area (Å²) in [4.78, 5) is 25.8. The van der Waals surface area contributed by atoms with Gasteiger partial charge in [0.2, 0.25) is 0 Å². The maximum Gasteiger partial charge on any atom is 0.311 e. The molecule has 0 heterocycles. The van der Waals surface area contributed by atoms with Crippen molar-refractivity contribution in [2.75, 3.05) is 26.7 Å². The molecule has 5 nitrogen and oxygen atoms in total. The second kappa shape index (κ2) is 10.6. The number of carbonyl (C=O) groups is 2. The zero-order valence-corrected chi connectivity index (χ0v) is 14.4. The van der Waals surface area contributed by atoms with Crippen LogP contribution in [0.25, 0.3) is 0 Å². The summed E-state index contributed by atoms with van der Waals surface area (Å²) < 4.78 is 5.10. The Morgan fingerprint density at radius 3 is 2.35 bits per heavy atom. The molecular formula is C18H28N2O3. The van der Waals surface area contributed by atoms with E-state index in [4.69, 9.17) is 4.74 Å². The van der Waals surface area contributed by atoms with E-state index in [0.29, 0.717) is 26.1 Å². The molecule has 1 aromatic carbocycles. The first kappa shape index (κ1) is 19.0. The molecule has 0 aliphatic rings. The van der Waals surface area contributed by atoms with Crippen LogP contribution in [0.4, 0.5) is 0 Å². The molecule has 1 N–H and O–H groups in total. The van der Waals surface area contributed by atoms with Crippen LogP contribution >= 0.6 is 0 Å². The predicted molar refractivity (Wildman–Crippen MR) is 91.5 cm³/mol. The molecule has 0 fully saturated rings. The van der Waals surface area contributed by atoms with Crippen LogP contribution in [-0.4, -0.2) is 43.5 Å². The van der Waals surface area contributed by atoms with E-state index in [9.17, 15) is 9.59 Å². The van der Waals surface area contributed by atoms with Crippen LogP contribution < -0.4 is 10.1 Å². The molecule has 0 radical (unpaired) electrons. The van der Waals surface area contributed by atoms with Gasteiger partial charge < -0.3 is 15.0 Å². The molecule has 0 saturated heterocycles. The fraction of sp³-hybridized carbons (Fsp3) is 0.556. The normalized spacial score (nSPS) is 10.2. The van der Waals surface area contributed by atoms with Gasteiger partial charge >= 0.3 is 11.8 Å². The largest absolute Gasteiger partial charge is 0.497 e. The highest BCUT2D eigenvalue weighted by molar-refractivity contribution is 6.35. The van der Waals surface area contributed by atoms with Gasteiger partial charge in [-0.1, -0.05) is 32.4 Å². The van der Waals surface area contributed by atoms with E-state index in [-0.39, 0.29) is 0 Å². The van der Waals surface area contributed by atoms with Crippen LogP contribution in [0.5, 0.6) is 5.75 Å². The van der Waals surface area contributed by atoms with Gasteiger partial charge in [-0.05, 0) is 37.0 Å². The number of methoxy groups -OCH3 is 1. The lowest BCUT2D eigenvalue weighted by molar-refractivity contribution is -0.145. The number of hydrogen-bond donors (Lipinski definition) is 1. The number of rotatable bonds is 9. The SMILES string of the molecule is CCCCN(CCC)C(=O)C(=O)NCCc1ccc(OC)cc1. The minimum absolute atomic E-state index is 0.421. The molecule has 0 aromatic heterocycles. The highest BCUT2D eigenvalue weighted by atomic mass is 16.5. The Bertz CT molecular complexity index is 486. The molecule has 0 spiro atoms. The third-order valence-electron chi connectivity index (χ3n) is 3.61. The van der Waals surface area contributed by atoms with E-state index in [2.05, 4.69) is 12.2 Å². The van der Waals surface area contributed by atoms with Crippen LogP contribution in [0.1, 0.15) is 38.7 Å². The lowest BCUT2D eigenvalue weighted by Crippen LogP contribution is -2.44. The van der Waals surface area contributed by atoms with Crippen LogP contribution in [0.2, 0.25) is 0 Å². The van der Waals surface area contributed by atoms with Gasteiger partial charge in [-0.3, -0.25) is 9.59 Å². The van der Waals surface area contributed by atoms with Crippen LogP contribution in [0.15, 0.2) is 24.3 Å². The van der Waals surface area contributed by atoms with Crippen molar-refractivity contribution in [1.82, 2.24) is 10.2 Å². The summed E-state index contributed by atoms with van der Waals surface area (Å²) in [6, 6.07) is 7.68.